The van der Waals surface area contributed by atoms with Crippen molar-refractivity contribution in [3.05, 3.63) is 78.6 Å². The van der Waals surface area contributed by atoms with E-state index in [4.69, 9.17) is 15.2 Å². The van der Waals surface area contributed by atoms with E-state index in [0.29, 0.717) is 37.3 Å². The highest BCUT2D eigenvalue weighted by molar-refractivity contribution is 5.91. The van der Waals surface area contributed by atoms with Crippen LogP contribution in [0.2, 0.25) is 0 Å². The second-order valence-corrected chi connectivity index (χ2v) is 8.31. The number of aromatic nitrogens is 2. The molecule has 2 heterocycles. The monoisotopic (exact) mass is 464 g/mol. The molecule has 0 bridgehead atoms. The molecule has 2 aliphatic rings. The molecule has 1 aromatic carbocycles. The molecule has 0 spiro atoms. The zero-order valence-corrected chi connectivity index (χ0v) is 18.7. The van der Waals surface area contributed by atoms with E-state index in [1.54, 1.807) is 29.2 Å². The number of halogens is 1. The van der Waals surface area contributed by atoms with Crippen molar-refractivity contribution in [2.45, 2.75) is 31.5 Å². The van der Waals surface area contributed by atoms with Gasteiger partial charge in [0.2, 0.25) is 5.88 Å². The number of allylic oxidation sites excluding steroid dienone is 2. The van der Waals surface area contributed by atoms with Crippen LogP contribution < -0.4 is 15.2 Å². The normalized spacial score (nSPS) is 21.8. The molecule has 1 aliphatic carbocycles. The molecule has 1 aliphatic heterocycles. The number of likely N-dealkylation sites (tertiary alicyclic amines) is 1. The minimum Gasteiger partial charge on any atom is -0.483 e. The van der Waals surface area contributed by atoms with Gasteiger partial charge in [0.1, 0.15) is 22.9 Å². The molecule has 0 saturated carbocycles. The first-order chi connectivity index (χ1) is 16.3. The summed E-state index contributed by atoms with van der Waals surface area (Å²) in [6, 6.07) is 7.14. The van der Waals surface area contributed by atoms with Gasteiger partial charge in [-0.3, -0.25) is 9.59 Å². The molecule has 8 nitrogen and oxygen atoms in total. The van der Waals surface area contributed by atoms with Crippen LogP contribution in [0.4, 0.5) is 4.39 Å². The Morgan fingerprint density at radius 2 is 2.12 bits per heavy atom. The van der Waals surface area contributed by atoms with E-state index in [9.17, 15) is 14.0 Å². The summed E-state index contributed by atoms with van der Waals surface area (Å²) < 4.78 is 25.0. The molecule has 34 heavy (non-hydrogen) atoms. The number of ether oxygens (including phenoxy) is 2. The van der Waals surface area contributed by atoms with Gasteiger partial charge in [0.25, 0.3) is 11.8 Å². The van der Waals surface area contributed by atoms with Crippen LogP contribution in [0.15, 0.2) is 61.2 Å². The minimum absolute atomic E-state index is 0.0152. The topological polar surface area (TPSA) is 108 Å². The van der Waals surface area contributed by atoms with E-state index in [2.05, 4.69) is 16.5 Å². The summed E-state index contributed by atoms with van der Waals surface area (Å²) in [6.07, 6.45) is 7.44. The van der Waals surface area contributed by atoms with E-state index in [1.165, 1.54) is 18.2 Å². The smallest absolute Gasteiger partial charge is 0.267 e. The number of amides is 2. The largest absolute Gasteiger partial charge is 0.483 e. The molecule has 1 unspecified atom stereocenters. The van der Waals surface area contributed by atoms with Crippen molar-refractivity contribution in [2.24, 2.45) is 5.73 Å². The van der Waals surface area contributed by atoms with Gasteiger partial charge < -0.3 is 20.1 Å². The van der Waals surface area contributed by atoms with Crippen molar-refractivity contribution in [2.75, 3.05) is 13.1 Å². The highest BCUT2D eigenvalue weighted by Crippen LogP contribution is 2.31. The zero-order chi connectivity index (χ0) is 24.3. The van der Waals surface area contributed by atoms with Gasteiger partial charge in [-0.05, 0) is 37.3 Å². The van der Waals surface area contributed by atoms with Crippen LogP contribution >= 0.6 is 0 Å². The van der Waals surface area contributed by atoms with Gasteiger partial charge in [-0.2, -0.15) is 4.98 Å². The van der Waals surface area contributed by atoms with E-state index in [-0.39, 0.29) is 29.1 Å². The van der Waals surface area contributed by atoms with Crippen LogP contribution in [-0.4, -0.2) is 51.5 Å². The van der Waals surface area contributed by atoms with E-state index >= 15 is 0 Å². The number of carbonyl (C=O) groups excluding carboxylic acids is 2. The molecule has 2 atom stereocenters. The van der Waals surface area contributed by atoms with Crippen LogP contribution in [0, 0.1) is 5.82 Å². The molecule has 2 amide bonds. The first kappa shape index (κ1) is 23.2. The number of nitrogens with zero attached hydrogens (tertiary/aromatic N) is 3. The van der Waals surface area contributed by atoms with E-state index in [1.807, 2.05) is 19.1 Å². The van der Waals surface area contributed by atoms with Crippen molar-refractivity contribution >= 4 is 17.4 Å². The third-order valence-electron chi connectivity index (χ3n) is 5.58. The summed E-state index contributed by atoms with van der Waals surface area (Å²) >= 11 is 0. The molecule has 9 heteroatoms. The summed E-state index contributed by atoms with van der Waals surface area (Å²) in [4.78, 5) is 34.7. The molecule has 0 radical (unpaired) electrons. The maximum absolute atomic E-state index is 13.2. The van der Waals surface area contributed by atoms with Gasteiger partial charge in [-0.15, -0.1) is 6.58 Å². The lowest BCUT2D eigenvalue weighted by Crippen LogP contribution is -2.32. The summed E-state index contributed by atoms with van der Waals surface area (Å²) in [5, 5.41) is 0. The van der Waals surface area contributed by atoms with Crippen molar-refractivity contribution in [1.82, 2.24) is 14.9 Å². The lowest BCUT2D eigenvalue weighted by atomic mass is 9.93. The van der Waals surface area contributed by atoms with Crippen LogP contribution in [0.3, 0.4) is 0 Å². The van der Waals surface area contributed by atoms with Gasteiger partial charge in [0.05, 0.1) is 0 Å². The number of carbonyl (C=O) groups is 2. The first-order valence-corrected chi connectivity index (χ1v) is 10.9. The predicted molar refractivity (Wildman–Crippen MR) is 124 cm³/mol. The Kier molecular flexibility index (Phi) is 6.45. The Hall–Kier alpha value is -4.01. The van der Waals surface area contributed by atoms with Crippen molar-refractivity contribution in [1.29, 1.82) is 0 Å². The fourth-order valence-electron chi connectivity index (χ4n) is 3.77. The van der Waals surface area contributed by atoms with Gasteiger partial charge in [-0.25, -0.2) is 9.37 Å². The summed E-state index contributed by atoms with van der Waals surface area (Å²) in [5.74, 6) is -0.339. The fourth-order valence-corrected chi connectivity index (χ4v) is 3.77. The van der Waals surface area contributed by atoms with Crippen molar-refractivity contribution < 1.29 is 23.5 Å². The molecule has 2 aromatic rings. The molecule has 1 fully saturated rings. The number of rotatable bonds is 8. The second kappa shape index (κ2) is 9.46. The molecule has 4 rings (SSSR count). The predicted octanol–water partition coefficient (Wildman–Crippen LogP) is 3.06. The average molecular weight is 464 g/mol. The molecule has 2 N–H and O–H groups in total. The van der Waals surface area contributed by atoms with E-state index < -0.39 is 17.6 Å². The number of primary amides is 1. The molecular formula is C25H25FN4O4. The quantitative estimate of drug-likeness (QED) is 0.602. The highest BCUT2D eigenvalue weighted by Gasteiger charge is 2.33. The van der Waals surface area contributed by atoms with Crippen LogP contribution in [0.5, 0.6) is 11.6 Å². The summed E-state index contributed by atoms with van der Waals surface area (Å²) in [5.41, 5.74) is 5.44. The van der Waals surface area contributed by atoms with Crippen LogP contribution in [0.1, 0.15) is 36.1 Å². The van der Waals surface area contributed by atoms with E-state index in [0.717, 1.165) is 0 Å². The Balaban J connectivity index is 1.52. The van der Waals surface area contributed by atoms with Gasteiger partial charge in [0.15, 0.2) is 11.9 Å². The minimum atomic E-state index is -0.732. The number of benzene rings is 1. The number of nitrogens with two attached hydrogens (primary N) is 1. The molecular weight excluding hydrogens is 439 g/mol. The Labute approximate surface area is 196 Å². The molecule has 1 saturated heterocycles. The highest BCUT2D eigenvalue weighted by atomic mass is 19.1. The number of hydrogen-bond donors (Lipinski definition) is 1. The fraction of sp³-hybridized carbons (Fsp3) is 0.280. The third kappa shape index (κ3) is 5.14. The summed E-state index contributed by atoms with van der Waals surface area (Å²) in [6.45, 7) is 6.55. The zero-order valence-electron chi connectivity index (χ0n) is 18.7. The maximum Gasteiger partial charge on any atom is 0.267 e. The maximum atomic E-state index is 13.2. The average Bonchev–Trinajstić information content (AvgIpc) is 3.15. The Bertz CT molecular complexity index is 1180. The first-order valence-electron chi connectivity index (χ1n) is 10.9. The Morgan fingerprint density at radius 1 is 1.35 bits per heavy atom. The van der Waals surface area contributed by atoms with Crippen LogP contribution in [-0.2, 0) is 4.79 Å². The SMILES string of the molecule is C=CCN1CC[C@H](Oc2cc(C(N)=O)nc(C3=CCC(C)(Oc4ccc(F)cc4)C=C3)n2)C1=O. The number of hydrogen-bond acceptors (Lipinski definition) is 6. The van der Waals surface area contributed by atoms with Gasteiger partial charge in [0, 0.05) is 37.6 Å². The Morgan fingerprint density at radius 3 is 2.76 bits per heavy atom. The van der Waals surface area contributed by atoms with Crippen LogP contribution in [0.25, 0.3) is 5.57 Å². The van der Waals surface area contributed by atoms with Crippen molar-refractivity contribution in [3.63, 3.8) is 0 Å². The lowest BCUT2D eigenvalue weighted by molar-refractivity contribution is -0.133. The van der Waals surface area contributed by atoms with Crippen molar-refractivity contribution in [3.8, 4) is 11.6 Å². The van der Waals surface area contributed by atoms with Gasteiger partial charge in [-0.1, -0.05) is 18.2 Å². The summed E-state index contributed by atoms with van der Waals surface area (Å²) in [7, 11) is 0. The standard InChI is InChI=1S/C25H25FN4O4/c1-3-13-30-14-10-20(24(30)32)33-21-15-19(22(27)31)28-23(29-21)16-8-11-25(2,12-9-16)34-18-6-4-17(26)5-7-18/h3-9,11,15,20H,1,10,12-14H2,2H3,(H2,27,31)/t20-,25?/m0/s1. The molecule has 176 valence electrons. The molecule has 1 aromatic heterocycles. The second-order valence-electron chi connectivity index (χ2n) is 8.31. The van der Waals surface area contributed by atoms with Gasteiger partial charge >= 0.3 is 0 Å². The lowest BCUT2D eigenvalue weighted by Gasteiger charge is -2.29. The third-order valence-corrected chi connectivity index (χ3v) is 5.58.